The van der Waals surface area contributed by atoms with Gasteiger partial charge in [-0.05, 0) is 57.9 Å². The number of rotatable bonds is 15. The van der Waals surface area contributed by atoms with E-state index in [4.69, 9.17) is 21.8 Å². The molecule has 0 aromatic carbocycles. The molecule has 0 heterocycles. The van der Waals surface area contributed by atoms with Gasteiger partial charge in [-0.2, -0.15) is 12.6 Å². The highest BCUT2D eigenvalue weighted by Crippen LogP contribution is 2.26. The molecule has 150 valence electrons. The summed E-state index contributed by atoms with van der Waals surface area (Å²) in [7, 11) is -4.50. The predicted octanol–water partition coefficient (Wildman–Crippen LogP) is 4.33. The van der Waals surface area contributed by atoms with Crippen LogP contribution in [0.15, 0.2) is 0 Å². The van der Waals surface area contributed by atoms with Crippen LogP contribution >= 0.6 is 12.6 Å². The van der Waals surface area contributed by atoms with Crippen LogP contribution in [0.2, 0.25) is 44.8 Å². The van der Waals surface area contributed by atoms with E-state index in [2.05, 4.69) is 39.2 Å². The van der Waals surface area contributed by atoms with Gasteiger partial charge in [0.15, 0.2) is 0 Å². The molecule has 0 fully saturated rings. The van der Waals surface area contributed by atoms with E-state index in [1.807, 2.05) is 20.0 Å². The number of thiol groups is 1. The van der Waals surface area contributed by atoms with Crippen LogP contribution in [0.25, 0.3) is 0 Å². The van der Waals surface area contributed by atoms with E-state index in [0.29, 0.717) is 0 Å². The Morgan fingerprint density at radius 1 is 1.04 bits per heavy atom. The molecule has 0 N–H and O–H groups in total. The molecule has 0 spiro atoms. The van der Waals surface area contributed by atoms with Crippen LogP contribution in [-0.2, 0) is 21.8 Å². The molecule has 0 saturated carbocycles. The third kappa shape index (κ3) is 12.9. The molecule has 0 aromatic rings. The average molecular weight is 443 g/mol. The lowest BCUT2D eigenvalue weighted by Gasteiger charge is -2.39. The van der Waals surface area contributed by atoms with Gasteiger partial charge >= 0.3 is 25.7 Å². The van der Waals surface area contributed by atoms with Crippen LogP contribution in [0, 0.1) is 0 Å². The van der Waals surface area contributed by atoms with E-state index in [0.717, 1.165) is 34.0 Å². The minimum atomic E-state index is -2.38. The first-order valence-electron chi connectivity index (χ1n) is 9.05. The maximum atomic E-state index is 6.58. The van der Waals surface area contributed by atoms with E-state index in [-0.39, 0.29) is 6.29 Å². The summed E-state index contributed by atoms with van der Waals surface area (Å²) < 4.78 is 30.4. The largest absolute Gasteiger partial charge is 0.415 e. The quantitative estimate of drug-likeness (QED) is 0.177. The molecule has 2 atom stereocenters. The molecule has 2 unspecified atom stereocenters. The van der Waals surface area contributed by atoms with Gasteiger partial charge in [0.05, 0.1) is 9.52 Å². The van der Waals surface area contributed by atoms with Crippen molar-refractivity contribution in [3.05, 3.63) is 0 Å². The molecule has 0 amide bonds. The van der Waals surface area contributed by atoms with Gasteiger partial charge in [-0.25, -0.2) is 0 Å². The highest BCUT2D eigenvalue weighted by molar-refractivity contribution is 7.80. The minimum absolute atomic E-state index is 0.272. The average Bonchev–Trinajstić information content (AvgIpc) is 2.47. The molecule has 5 nitrogen and oxygen atoms in total. The SMILES string of the molecule is CCC[Si]CO[Si](C)(CCCS)O[Si](C)(C)O[Si](C)(C)OC(C)OC. The van der Waals surface area contributed by atoms with E-state index in [1.54, 1.807) is 7.11 Å². The molecule has 0 aliphatic carbocycles. The first-order valence-corrected chi connectivity index (χ1v) is 19.3. The van der Waals surface area contributed by atoms with Crippen LogP contribution in [0.3, 0.4) is 0 Å². The second-order valence-corrected chi connectivity index (χ2v) is 19.4. The summed E-state index contributed by atoms with van der Waals surface area (Å²) in [5.41, 5.74) is 0. The summed E-state index contributed by atoms with van der Waals surface area (Å²) in [6, 6.07) is 2.17. The van der Waals surface area contributed by atoms with Crippen molar-refractivity contribution in [3.8, 4) is 0 Å². The van der Waals surface area contributed by atoms with Gasteiger partial charge in [0.1, 0.15) is 6.29 Å². The zero-order valence-electron chi connectivity index (χ0n) is 17.3. The van der Waals surface area contributed by atoms with Crippen LogP contribution in [0.1, 0.15) is 26.7 Å². The summed E-state index contributed by atoms with van der Waals surface area (Å²) in [4.78, 5) is 0. The second-order valence-electron chi connectivity index (χ2n) is 7.17. The van der Waals surface area contributed by atoms with Gasteiger partial charge in [-0.1, -0.05) is 19.4 Å². The topological polar surface area (TPSA) is 46.2 Å². The highest BCUT2D eigenvalue weighted by atomic mass is 32.1. The van der Waals surface area contributed by atoms with Gasteiger partial charge in [0, 0.05) is 13.3 Å². The van der Waals surface area contributed by atoms with Crippen molar-refractivity contribution in [1.29, 1.82) is 0 Å². The molecular weight excluding hydrogens is 405 g/mol. The van der Waals surface area contributed by atoms with Crippen molar-refractivity contribution in [1.82, 2.24) is 0 Å². The molecule has 0 aromatic heterocycles. The Balaban J connectivity index is 4.85. The molecule has 25 heavy (non-hydrogen) atoms. The van der Waals surface area contributed by atoms with Gasteiger partial charge in [-0.3, -0.25) is 0 Å². The lowest BCUT2D eigenvalue weighted by molar-refractivity contribution is -0.0555. The van der Waals surface area contributed by atoms with Crippen molar-refractivity contribution < 1.29 is 21.8 Å². The summed E-state index contributed by atoms with van der Waals surface area (Å²) in [6.07, 6.45) is 2.73. The number of methoxy groups -OCH3 is 1. The molecule has 0 aliphatic rings. The first kappa shape index (κ1) is 26.0. The van der Waals surface area contributed by atoms with E-state index < -0.39 is 25.7 Å². The van der Waals surface area contributed by atoms with Crippen molar-refractivity contribution in [3.63, 3.8) is 0 Å². The molecule has 0 aliphatic heterocycles. The summed E-state index contributed by atoms with van der Waals surface area (Å²) in [6.45, 7) is 14.5. The molecular formula is C15H38O5SSi4. The molecule has 10 heteroatoms. The fourth-order valence-electron chi connectivity index (χ4n) is 2.61. The second kappa shape index (κ2) is 12.5. The van der Waals surface area contributed by atoms with Crippen LogP contribution in [0.4, 0.5) is 0 Å². The fraction of sp³-hybridized carbons (Fsp3) is 1.00. The Kier molecular flexibility index (Phi) is 13.0. The standard InChI is InChI=1S/C15H38O5SSi4/c1-9-12-22-14-17-25(8,13-10-11-21)20-24(6,7)19-23(4,5)18-15(2)16-3/h15,21H,9-14H2,1-8H3. The van der Waals surface area contributed by atoms with Gasteiger partial charge in [0.25, 0.3) is 0 Å². The Morgan fingerprint density at radius 3 is 2.20 bits per heavy atom. The van der Waals surface area contributed by atoms with Gasteiger partial charge in [0.2, 0.25) is 0 Å². The van der Waals surface area contributed by atoms with Crippen LogP contribution in [-0.4, -0.2) is 60.6 Å². The summed E-state index contributed by atoms with van der Waals surface area (Å²) >= 11 is 4.35. The molecule has 2 radical (unpaired) electrons. The molecule has 0 saturated heterocycles. The zero-order chi connectivity index (χ0) is 19.6. The Morgan fingerprint density at radius 2 is 1.68 bits per heavy atom. The number of hydrogen-bond acceptors (Lipinski definition) is 6. The Hall–Kier alpha value is 1.02. The minimum Gasteiger partial charge on any atom is -0.415 e. The van der Waals surface area contributed by atoms with Crippen molar-refractivity contribution in [2.24, 2.45) is 0 Å². The van der Waals surface area contributed by atoms with Gasteiger partial charge in [-0.15, -0.1) is 0 Å². The molecule has 0 rings (SSSR count). The fourth-order valence-corrected chi connectivity index (χ4v) is 17.3. The van der Waals surface area contributed by atoms with E-state index >= 15 is 0 Å². The highest BCUT2D eigenvalue weighted by Gasteiger charge is 2.44. The smallest absolute Gasteiger partial charge is 0.325 e. The third-order valence-electron chi connectivity index (χ3n) is 3.43. The third-order valence-corrected chi connectivity index (χ3v) is 15.8. The van der Waals surface area contributed by atoms with E-state index in [9.17, 15) is 0 Å². The monoisotopic (exact) mass is 442 g/mol. The Bertz CT molecular complexity index is 363. The van der Waals surface area contributed by atoms with E-state index in [1.165, 1.54) is 12.5 Å². The summed E-state index contributed by atoms with van der Waals surface area (Å²) in [5.74, 6) is 0.851. The van der Waals surface area contributed by atoms with Crippen molar-refractivity contribution in [2.45, 2.75) is 77.8 Å². The predicted molar refractivity (Wildman–Crippen MR) is 116 cm³/mol. The molecule has 0 bridgehead atoms. The van der Waals surface area contributed by atoms with Crippen LogP contribution < -0.4 is 0 Å². The van der Waals surface area contributed by atoms with Crippen molar-refractivity contribution >= 4 is 47.8 Å². The number of hydrogen-bond donors (Lipinski definition) is 1. The lowest BCUT2D eigenvalue weighted by Crippen LogP contribution is -2.56. The first-order chi connectivity index (χ1) is 11.5. The maximum Gasteiger partial charge on any atom is 0.325 e. The maximum absolute atomic E-state index is 6.58. The zero-order valence-corrected chi connectivity index (χ0v) is 22.2. The van der Waals surface area contributed by atoms with Crippen LogP contribution in [0.5, 0.6) is 0 Å². The normalized spacial score (nSPS) is 16.7. The number of ether oxygens (including phenoxy) is 1. The van der Waals surface area contributed by atoms with Gasteiger partial charge < -0.3 is 21.8 Å². The van der Waals surface area contributed by atoms with Crippen molar-refractivity contribution in [2.75, 3.05) is 19.1 Å². The summed E-state index contributed by atoms with van der Waals surface area (Å²) in [5, 5.41) is 0. The Labute approximate surface area is 166 Å². The lowest BCUT2D eigenvalue weighted by atomic mass is 10.6.